The molecule has 4 aromatic rings. The average molecular weight is 567 g/mol. The summed E-state index contributed by atoms with van der Waals surface area (Å²) in [6, 6.07) is 9.81. The Morgan fingerprint density at radius 3 is 2.52 bits per heavy atom. The number of rotatable bonds is 6. The summed E-state index contributed by atoms with van der Waals surface area (Å²) in [7, 11) is 0. The normalized spacial score (nSPS) is 13.0. The van der Waals surface area contributed by atoms with Gasteiger partial charge < -0.3 is 16.0 Å². The third-order valence-electron chi connectivity index (χ3n) is 6.49. The van der Waals surface area contributed by atoms with E-state index in [1.807, 2.05) is 19.9 Å². The van der Waals surface area contributed by atoms with E-state index in [0.717, 1.165) is 23.4 Å². The number of thiazole rings is 1. The van der Waals surface area contributed by atoms with Crippen molar-refractivity contribution < 1.29 is 22.8 Å². The van der Waals surface area contributed by atoms with E-state index in [-0.39, 0.29) is 29.5 Å². The highest BCUT2D eigenvalue weighted by Gasteiger charge is 2.30. The Hall–Kier alpha value is -4.32. The maximum Gasteiger partial charge on any atom is 0.416 e. The standard InChI is InChI=1S/C28H25F3N6O2S/c1-15(2)25-33-13-21(24(36-25)16-3-5-18(6-4-16)28(29,30)31)26(39)34-19-7-8-22-17(11-19)9-10-37(22)23(38)12-20-14-40-27(32)35-20/h3-8,11,13-15H,9-10,12H2,1-2H3,(H2,32,35)(H,34,39). The van der Waals surface area contributed by atoms with Crippen LogP contribution in [0.2, 0.25) is 0 Å². The van der Waals surface area contributed by atoms with Gasteiger partial charge in [0.25, 0.3) is 5.91 Å². The fourth-order valence-electron chi connectivity index (χ4n) is 4.47. The molecule has 5 rings (SSSR count). The molecule has 0 aliphatic carbocycles. The molecular weight excluding hydrogens is 541 g/mol. The molecule has 1 aliphatic rings. The van der Waals surface area contributed by atoms with E-state index in [1.54, 1.807) is 22.4 Å². The molecular formula is C28H25F3N6O2S. The fraction of sp³-hybridized carbons (Fsp3) is 0.250. The first-order chi connectivity index (χ1) is 19.0. The van der Waals surface area contributed by atoms with Crippen LogP contribution in [0.4, 0.5) is 29.7 Å². The molecule has 0 saturated carbocycles. The molecule has 1 aliphatic heterocycles. The summed E-state index contributed by atoms with van der Waals surface area (Å²) in [4.78, 5) is 40.9. The number of hydrogen-bond acceptors (Lipinski definition) is 7. The minimum atomic E-state index is -4.48. The molecule has 0 bridgehead atoms. The van der Waals surface area contributed by atoms with Gasteiger partial charge >= 0.3 is 6.18 Å². The molecule has 8 nitrogen and oxygen atoms in total. The van der Waals surface area contributed by atoms with Gasteiger partial charge in [-0.3, -0.25) is 9.59 Å². The monoisotopic (exact) mass is 566 g/mol. The van der Waals surface area contributed by atoms with E-state index in [0.29, 0.717) is 40.9 Å². The zero-order chi connectivity index (χ0) is 28.6. The largest absolute Gasteiger partial charge is 0.416 e. The molecule has 2 aromatic heterocycles. The van der Waals surface area contributed by atoms with Crippen molar-refractivity contribution in [1.82, 2.24) is 15.0 Å². The first-order valence-corrected chi connectivity index (χ1v) is 13.4. The predicted octanol–water partition coefficient (Wildman–Crippen LogP) is 5.71. The number of hydrogen-bond donors (Lipinski definition) is 2. The van der Waals surface area contributed by atoms with Gasteiger partial charge in [-0.25, -0.2) is 15.0 Å². The van der Waals surface area contributed by atoms with Crippen LogP contribution in [0.5, 0.6) is 0 Å². The second kappa shape index (κ2) is 10.7. The van der Waals surface area contributed by atoms with E-state index >= 15 is 0 Å². The second-order valence-electron chi connectivity index (χ2n) is 9.67. The smallest absolute Gasteiger partial charge is 0.375 e. The van der Waals surface area contributed by atoms with Crippen molar-refractivity contribution in [3.8, 4) is 11.3 Å². The van der Waals surface area contributed by atoms with Gasteiger partial charge in [-0.1, -0.05) is 26.0 Å². The van der Waals surface area contributed by atoms with E-state index in [2.05, 4.69) is 20.3 Å². The number of aromatic nitrogens is 3. The molecule has 206 valence electrons. The number of nitrogen functional groups attached to an aromatic ring is 1. The summed E-state index contributed by atoms with van der Waals surface area (Å²) in [5, 5.41) is 5.02. The van der Waals surface area contributed by atoms with Gasteiger partial charge in [0.1, 0.15) is 5.82 Å². The molecule has 3 N–H and O–H groups in total. The van der Waals surface area contributed by atoms with Crippen LogP contribution >= 0.6 is 11.3 Å². The zero-order valence-electron chi connectivity index (χ0n) is 21.6. The molecule has 0 saturated heterocycles. The number of amides is 2. The second-order valence-corrected chi connectivity index (χ2v) is 10.6. The molecule has 2 aromatic carbocycles. The lowest BCUT2D eigenvalue weighted by Crippen LogP contribution is -2.30. The first kappa shape index (κ1) is 27.3. The number of fused-ring (bicyclic) bond motifs is 1. The zero-order valence-corrected chi connectivity index (χ0v) is 22.4. The topological polar surface area (TPSA) is 114 Å². The Morgan fingerprint density at radius 1 is 1.12 bits per heavy atom. The molecule has 3 heterocycles. The van der Waals surface area contributed by atoms with Crippen LogP contribution in [0.3, 0.4) is 0 Å². The highest BCUT2D eigenvalue weighted by Crippen LogP contribution is 2.33. The molecule has 0 atom stereocenters. The Labute approximate surface area is 232 Å². The van der Waals surface area contributed by atoms with Crippen LogP contribution in [-0.2, 0) is 23.8 Å². The Bertz CT molecular complexity index is 1580. The van der Waals surface area contributed by atoms with E-state index in [4.69, 9.17) is 5.73 Å². The SMILES string of the molecule is CC(C)c1ncc(C(=O)Nc2ccc3c(c2)CCN3C(=O)Cc2csc(N)n2)c(-c2ccc(C(F)(F)F)cc2)n1. The van der Waals surface area contributed by atoms with E-state index < -0.39 is 17.6 Å². The van der Waals surface area contributed by atoms with Gasteiger partial charge in [-0.2, -0.15) is 13.2 Å². The molecule has 2 amide bonds. The Balaban J connectivity index is 1.37. The number of alkyl halides is 3. The van der Waals surface area contributed by atoms with Crippen molar-refractivity contribution in [2.24, 2.45) is 0 Å². The average Bonchev–Trinajstić information content (AvgIpc) is 3.53. The maximum absolute atomic E-state index is 13.3. The summed E-state index contributed by atoms with van der Waals surface area (Å²) < 4.78 is 39.3. The van der Waals surface area contributed by atoms with Crippen LogP contribution < -0.4 is 16.0 Å². The lowest BCUT2D eigenvalue weighted by molar-refractivity contribution is -0.137. The van der Waals surface area contributed by atoms with Gasteiger partial charge in [-0.05, 0) is 42.3 Å². The summed E-state index contributed by atoms with van der Waals surface area (Å²) in [5.74, 6) is -0.184. The van der Waals surface area contributed by atoms with Gasteiger partial charge in [0, 0.05) is 41.0 Å². The maximum atomic E-state index is 13.3. The molecule has 0 spiro atoms. The molecule has 0 radical (unpaired) electrons. The summed E-state index contributed by atoms with van der Waals surface area (Å²) in [6.07, 6.45) is -2.32. The van der Waals surface area contributed by atoms with Crippen LogP contribution in [0.15, 0.2) is 54.0 Å². The van der Waals surface area contributed by atoms with Gasteiger partial charge in [-0.15, -0.1) is 11.3 Å². The van der Waals surface area contributed by atoms with Crippen molar-refractivity contribution in [3.63, 3.8) is 0 Å². The van der Waals surface area contributed by atoms with Crippen LogP contribution in [-0.4, -0.2) is 33.3 Å². The fourth-order valence-corrected chi connectivity index (χ4v) is 5.03. The number of benzene rings is 2. The molecule has 40 heavy (non-hydrogen) atoms. The Morgan fingerprint density at radius 2 is 1.88 bits per heavy atom. The summed E-state index contributed by atoms with van der Waals surface area (Å²) in [6.45, 7) is 4.28. The third-order valence-corrected chi connectivity index (χ3v) is 7.21. The number of halogens is 3. The highest BCUT2D eigenvalue weighted by atomic mass is 32.1. The van der Waals surface area contributed by atoms with Crippen molar-refractivity contribution in [2.75, 3.05) is 22.5 Å². The van der Waals surface area contributed by atoms with Crippen molar-refractivity contribution >= 4 is 39.7 Å². The van der Waals surface area contributed by atoms with Crippen molar-refractivity contribution in [3.05, 3.63) is 82.3 Å². The number of anilines is 3. The summed E-state index contributed by atoms with van der Waals surface area (Å²) in [5.41, 5.74) is 8.42. The quantitative estimate of drug-likeness (QED) is 0.309. The van der Waals surface area contributed by atoms with Gasteiger partial charge in [0.05, 0.1) is 28.9 Å². The number of carbonyl (C=O) groups excluding carboxylic acids is 2. The van der Waals surface area contributed by atoms with E-state index in [1.165, 1.54) is 29.7 Å². The lowest BCUT2D eigenvalue weighted by Gasteiger charge is -2.17. The van der Waals surface area contributed by atoms with Gasteiger partial charge in [0.15, 0.2) is 5.13 Å². The Kier molecular flexibility index (Phi) is 7.28. The van der Waals surface area contributed by atoms with Crippen LogP contribution in [0.1, 0.15) is 52.8 Å². The van der Waals surface area contributed by atoms with Crippen LogP contribution in [0, 0.1) is 0 Å². The first-order valence-electron chi connectivity index (χ1n) is 12.5. The van der Waals surface area contributed by atoms with Crippen LogP contribution in [0.25, 0.3) is 11.3 Å². The number of carbonyl (C=O) groups is 2. The number of nitrogens with one attached hydrogen (secondary N) is 1. The van der Waals surface area contributed by atoms with Crippen molar-refractivity contribution in [2.45, 2.75) is 38.8 Å². The molecule has 12 heteroatoms. The number of nitrogens with zero attached hydrogens (tertiary/aromatic N) is 4. The van der Waals surface area contributed by atoms with Gasteiger partial charge in [0.2, 0.25) is 5.91 Å². The number of nitrogens with two attached hydrogens (primary N) is 1. The minimum absolute atomic E-state index is 0.0550. The van der Waals surface area contributed by atoms with E-state index in [9.17, 15) is 22.8 Å². The third kappa shape index (κ3) is 5.67. The summed E-state index contributed by atoms with van der Waals surface area (Å²) >= 11 is 1.29. The minimum Gasteiger partial charge on any atom is -0.375 e. The molecule has 0 unspecified atom stereocenters. The molecule has 0 fully saturated rings. The predicted molar refractivity (Wildman–Crippen MR) is 147 cm³/mol. The lowest BCUT2D eigenvalue weighted by atomic mass is 10.0. The van der Waals surface area contributed by atoms with Crippen molar-refractivity contribution in [1.29, 1.82) is 0 Å². The highest BCUT2D eigenvalue weighted by molar-refractivity contribution is 7.13.